The van der Waals surface area contributed by atoms with Crippen LogP contribution in [0, 0.1) is 0 Å². The highest BCUT2D eigenvalue weighted by molar-refractivity contribution is 8.00. The van der Waals surface area contributed by atoms with E-state index < -0.39 is 0 Å². The molecule has 1 heterocycles. The van der Waals surface area contributed by atoms with Gasteiger partial charge in [-0.2, -0.15) is 0 Å². The number of carbonyl (C=O) groups excluding carboxylic acids is 1. The van der Waals surface area contributed by atoms with E-state index >= 15 is 0 Å². The standard InChI is InChI=1S/C23H28ClN3OS2.ClH/c1-4-17-8-7-9-20-22(17)25-23(30-20)27(15-14-26(5-2)6-3)21(28)16-29-19-12-10-18(24)11-13-19;/h7-13H,4-6,14-16H2,1-3H3;1H. The summed E-state index contributed by atoms with van der Waals surface area (Å²) in [6.45, 7) is 9.86. The third-order valence-corrected chi connectivity index (χ3v) is 7.41. The summed E-state index contributed by atoms with van der Waals surface area (Å²) in [4.78, 5) is 23.3. The number of amides is 1. The molecule has 1 amide bonds. The fraction of sp³-hybridized carbons (Fsp3) is 0.391. The summed E-state index contributed by atoms with van der Waals surface area (Å²) in [7, 11) is 0. The number of fused-ring (bicyclic) bond motifs is 1. The number of thiazole rings is 1. The predicted octanol–water partition coefficient (Wildman–Crippen LogP) is 6.40. The first-order valence-corrected chi connectivity index (χ1v) is 12.5. The number of aromatic nitrogens is 1. The van der Waals surface area contributed by atoms with Crippen molar-refractivity contribution < 1.29 is 4.79 Å². The van der Waals surface area contributed by atoms with Crippen molar-refractivity contribution in [2.75, 3.05) is 36.8 Å². The Morgan fingerprint density at radius 2 is 1.77 bits per heavy atom. The van der Waals surface area contributed by atoms with Gasteiger partial charge in [-0.15, -0.1) is 24.2 Å². The molecule has 0 radical (unpaired) electrons. The van der Waals surface area contributed by atoms with E-state index in [1.807, 2.05) is 29.2 Å². The Labute approximate surface area is 204 Å². The minimum atomic E-state index is 0. The summed E-state index contributed by atoms with van der Waals surface area (Å²) in [5, 5.41) is 1.49. The maximum absolute atomic E-state index is 13.2. The Morgan fingerprint density at radius 3 is 2.42 bits per heavy atom. The zero-order chi connectivity index (χ0) is 21.5. The highest BCUT2D eigenvalue weighted by Crippen LogP contribution is 2.32. The molecule has 0 fully saturated rings. The molecule has 168 valence electrons. The molecule has 3 aromatic rings. The Morgan fingerprint density at radius 1 is 1.06 bits per heavy atom. The molecule has 0 saturated heterocycles. The summed E-state index contributed by atoms with van der Waals surface area (Å²) in [6, 6.07) is 13.9. The first-order valence-electron chi connectivity index (χ1n) is 10.3. The lowest BCUT2D eigenvalue weighted by molar-refractivity contribution is -0.116. The number of anilines is 1. The van der Waals surface area contributed by atoms with Crippen LogP contribution >= 0.6 is 47.1 Å². The average molecular weight is 499 g/mol. The van der Waals surface area contributed by atoms with Crippen molar-refractivity contribution in [3.63, 3.8) is 0 Å². The van der Waals surface area contributed by atoms with Crippen molar-refractivity contribution >= 4 is 68.4 Å². The second-order valence-electron chi connectivity index (χ2n) is 6.93. The molecule has 0 saturated carbocycles. The number of likely N-dealkylation sites (N-methyl/N-ethyl adjacent to an activating group) is 1. The molecular formula is C23H29Cl2N3OS2. The van der Waals surface area contributed by atoms with E-state index in [2.05, 4.69) is 43.9 Å². The fourth-order valence-corrected chi connectivity index (χ4v) is 5.21. The molecule has 0 spiro atoms. The van der Waals surface area contributed by atoms with Crippen LogP contribution in [0.25, 0.3) is 10.2 Å². The molecule has 0 aliphatic rings. The Kier molecular flexibility index (Phi) is 10.6. The lowest BCUT2D eigenvalue weighted by Gasteiger charge is -2.24. The summed E-state index contributed by atoms with van der Waals surface area (Å²) in [5.41, 5.74) is 2.24. The fourth-order valence-electron chi connectivity index (χ4n) is 3.26. The van der Waals surface area contributed by atoms with E-state index in [4.69, 9.17) is 16.6 Å². The number of hydrogen-bond acceptors (Lipinski definition) is 5. The van der Waals surface area contributed by atoms with Crippen LogP contribution in [0.1, 0.15) is 26.3 Å². The van der Waals surface area contributed by atoms with Gasteiger partial charge in [0.15, 0.2) is 5.13 Å². The third-order valence-electron chi connectivity index (χ3n) is 5.11. The molecule has 1 aromatic heterocycles. The molecule has 4 nitrogen and oxygen atoms in total. The first kappa shape index (κ1) is 25.9. The normalized spacial score (nSPS) is 11.0. The molecule has 31 heavy (non-hydrogen) atoms. The topological polar surface area (TPSA) is 36.4 Å². The predicted molar refractivity (Wildman–Crippen MR) is 139 cm³/mol. The Hall–Kier alpha value is -1.31. The number of thioether (sulfide) groups is 1. The van der Waals surface area contributed by atoms with Crippen LogP contribution in [-0.2, 0) is 11.2 Å². The molecule has 3 rings (SSSR count). The van der Waals surface area contributed by atoms with Gasteiger partial charge in [0.05, 0.1) is 16.0 Å². The smallest absolute Gasteiger partial charge is 0.239 e. The number of para-hydroxylation sites is 1. The molecule has 0 aliphatic heterocycles. The molecular weight excluding hydrogens is 469 g/mol. The minimum Gasteiger partial charge on any atom is -0.302 e. The van der Waals surface area contributed by atoms with Gasteiger partial charge in [0, 0.05) is 23.0 Å². The van der Waals surface area contributed by atoms with Crippen LogP contribution in [0.5, 0.6) is 0 Å². The van der Waals surface area contributed by atoms with Gasteiger partial charge >= 0.3 is 0 Å². The largest absolute Gasteiger partial charge is 0.302 e. The van der Waals surface area contributed by atoms with Gasteiger partial charge in [0.1, 0.15) is 0 Å². The molecule has 2 aromatic carbocycles. The summed E-state index contributed by atoms with van der Waals surface area (Å²) in [6.07, 6.45) is 0.931. The molecule has 0 aliphatic carbocycles. The maximum atomic E-state index is 13.2. The Bertz CT molecular complexity index is 975. The van der Waals surface area contributed by atoms with Gasteiger partial charge in [-0.25, -0.2) is 4.98 Å². The molecule has 8 heteroatoms. The van der Waals surface area contributed by atoms with Crippen LogP contribution in [0.3, 0.4) is 0 Å². The van der Waals surface area contributed by atoms with Gasteiger partial charge in [0.2, 0.25) is 5.91 Å². The number of carbonyl (C=O) groups is 1. The van der Waals surface area contributed by atoms with Crippen LogP contribution in [0.2, 0.25) is 5.02 Å². The highest BCUT2D eigenvalue weighted by Gasteiger charge is 2.21. The van der Waals surface area contributed by atoms with E-state index in [9.17, 15) is 4.79 Å². The summed E-state index contributed by atoms with van der Waals surface area (Å²) < 4.78 is 1.13. The van der Waals surface area contributed by atoms with Gasteiger partial charge in [-0.1, -0.05) is 55.8 Å². The SMILES string of the molecule is CCc1cccc2sc(N(CCN(CC)CC)C(=O)CSc3ccc(Cl)cc3)nc12.Cl. The quantitative estimate of drug-likeness (QED) is 0.303. The number of aryl methyl sites for hydroxylation is 1. The van der Waals surface area contributed by atoms with Crippen molar-refractivity contribution in [3.05, 3.63) is 53.1 Å². The zero-order valence-corrected chi connectivity index (χ0v) is 21.3. The third kappa shape index (κ3) is 6.83. The van der Waals surface area contributed by atoms with Crippen molar-refractivity contribution in [2.24, 2.45) is 0 Å². The van der Waals surface area contributed by atoms with Gasteiger partial charge < -0.3 is 4.90 Å². The van der Waals surface area contributed by atoms with Crippen LogP contribution in [-0.4, -0.2) is 47.7 Å². The maximum Gasteiger partial charge on any atom is 0.239 e. The number of rotatable bonds is 10. The summed E-state index contributed by atoms with van der Waals surface area (Å²) in [5.74, 6) is 0.454. The number of hydrogen-bond donors (Lipinski definition) is 0. The molecule has 0 unspecified atom stereocenters. The molecule has 0 N–H and O–H groups in total. The van der Waals surface area contributed by atoms with Gasteiger partial charge in [0.25, 0.3) is 0 Å². The van der Waals surface area contributed by atoms with Crippen molar-refractivity contribution in [2.45, 2.75) is 32.1 Å². The van der Waals surface area contributed by atoms with E-state index in [0.717, 1.165) is 46.3 Å². The Balaban J connectivity index is 0.00000341. The first-order chi connectivity index (χ1) is 14.5. The monoisotopic (exact) mass is 497 g/mol. The number of nitrogens with zero attached hydrogens (tertiary/aromatic N) is 3. The van der Waals surface area contributed by atoms with E-state index in [1.54, 1.807) is 11.3 Å². The molecule has 0 bridgehead atoms. The van der Waals surface area contributed by atoms with Crippen LogP contribution < -0.4 is 4.90 Å². The number of halogens is 2. The van der Waals surface area contributed by atoms with Crippen LogP contribution in [0.4, 0.5) is 5.13 Å². The van der Waals surface area contributed by atoms with Gasteiger partial charge in [-0.3, -0.25) is 9.69 Å². The van der Waals surface area contributed by atoms with Crippen molar-refractivity contribution in [3.8, 4) is 0 Å². The second kappa shape index (κ2) is 12.7. The van der Waals surface area contributed by atoms with Crippen molar-refractivity contribution in [1.29, 1.82) is 0 Å². The number of benzene rings is 2. The van der Waals surface area contributed by atoms with E-state index in [1.165, 1.54) is 17.3 Å². The van der Waals surface area contributed by atoms with Gasteiger partial charge in [-0.05, 0) is 55.4 Å². The van der Waals surface area contributed by atoms with Crippen molar-refractivity contribution in [1.82, 2.24) is 9.88 Å². The second-order valence-corrected chi connectivity index (χ2v) is 9.42. The van der Waals surface area contributed by atoms with E-state index in [0.29, 0.717) is 17.3 Å². The van der Waals surface area contributed by atoms with Crippen LogP contribution in [0.15, 0.2) is 47.4 Å². The lowest BCUT2D eigenvalue weighted by Crippen LogP contribution is -2.39. The highest BCUT2D eigenvalue weighted by atomic mass is 35.5. The molecule has 0 atom stereocenters. The minimum absolute atomic E-state index is 0. The zero-order valence-electron chi connectivity index (χ0n) is 18.1. The summed E-state index contributed by atoms with van der Waals surface area (Å²) >= 11 is 9.11. The average Bonchev–Trinajstić information content (AvgIpc) is 3.20. The van der Waals surface area contributed by atoms with E-state index in [-0.39, 0.29) is 18.3 Å². The lowest BCUT2D eigenvalue weighted by atomic mass is 10.1.